The summed E-state index contributed by atoms with van der Waals surface area (Å²) in [5.74, 6) is 0.763. The smallest absolute Gasteiger partial charge is 0.240 e. The minimum Gasteiger partial charge on any atom is -0.332 e. The molecule has 1 amide bonds. The summed E-state index contributed by atoms with van der Waals surface area (Å²) in [5, 5.41) is 7.76. The van der Waals surface area contributed by atoms with Gasteiger partial charge in [0.1, 0.15) is 6.33 Å². The standard InChI is InChI=1S/C10H15N5O/c1-2-3-8(11)10(16)14-4-5-15-7-12-13-9(15)6-14/h2,7-8H,1,3-6,11H2. The highest BCUT2D eigenvalue weighted by Crippen LogP contribution is 2.10. The van der Waals surface area contributed by atoms with E-state index in [2.05, 4.69) is 16.8 Å². The van der Waals surface area contributed by atoms with Crippen molar-refractivity contribution in [2.45, 2.75) is 25.6 Å². The lowest BCUT2D eigenvalue weighted by atomic mass is 10.2. The van der Waals surface area contributed by atoms with Gasteiger partial charge >= 0.3 is 0 Å². The number of nitrogens with zero attached hydrogens (tertiary/aromatic N) is 4. The molecule has 0 saturated carbocycles. The number of hydrogen-bond acceptors (Lipinski definition) is 4. The summed E-state index contributed by atoms with van der Waals surface area (Å²) in [5.41, 5.74) is 5.75. The minimum absolute atomic E-state index is 0.0471. The Labute approximate surface area is 93.7 Å². The third-order valence-corrected chi connectivity index (χ3v) is 2.69. The number of nitrogens with two attached hydrogens (primary N) is 1. The Bertz CT molecular complexity index is 400. The zero-order valence-corrected chi connectivity index (χ0v) is 9.04. The van der Waals surface area contributed by atoms with Gasteiger partial charge < -0.3 is 15.2 Å². The third kappa shape index (κ3) is 1.96. The number of carbonyl (C=O) groups is 1. The van der Waals surface area contributed by atoms with Crippen molar-refractivity contribution >= 4 is 5.91 Å². The number of carbonyl (C=O) groups excluding carboxylic acids is 1. The van der Waals surface area contributed by atoms with E-state index in [1.54, 1.807) is 17.3 Å². The van der Waals surface area contributed by atoms with Crippen LogP contribution < -0.4 is 5.73 Å². The van der Waals surface area contributed by atoms with Crippen LogP contribution in [0.5, 0.6) is 0 Å². The predicted molar refractivity (Wildman–Crippen MR) is 58.2 cm³/mol. The monoisotopic (exact) mass is 221 g/mol. The second kappa shape index (κ2) is 4.44. The average Bonchev–Trinajstić information content (AvgIpc) is 2.75. The molecule has 1 atom stereocenters. The van der Waals surface area contributed by atoms with Gasteiger partial charge in [0.2, 0.25) is 5.91 Å². The van der Waals surface area contributed by atoms with Gasteiger partial charge in [-0.3, -0.25) is 4.79 Å². The average molecular weight is 221 g/mol. The zero-order chi connectivity index (χ0) is 11.5. The largest absolute Gasteiger partial charge is 0.332 e. The predicted octanol–water partition coefficient (Wildman–Crippen LogP) is -0.476. The molecule has 0 aliphatic carbocycles. The van der Waals surface area contributed by atoms with Gasteiger partial charge in [-0.15, -0.1) is 16.8 Å². The molecule has 2 N–H and O–H groups in total. The van der Waals surface area contributed by atoms with Crippen LogP contribution >= 0.6 is 0 Å². The molecule has 6 nitrogen and oxygen atoms in total. The maximum atomic E-state index is 11.9. The van der Waals surface area contributed by atoms with Crippen LogP contribution in [0.4, 0.5) is 0 Å². The molecule has 16 heavy (non-hydrogen) atoms. The van der Waals surface area contributed by atoms with Crippen LogP contribution in [-0.4, -0.2) is 38.2 Å². The van der Waals surface area contributed by atoms with Gasteiger partial charge in [0.25, 0.3) is 0 Å². The molecule has 0 aromatic carbocycles. The summed E-state index contributed by atoms with van der Waals surface area (Å²) >= 11 is 0. The van der Waals surface area contributed by atoms with Crippen molar-refractivity contribution in [1.82, 2.24) is 19.7 Å². The number of aromatic nitrogens is 3. The van der Waals surface area contributed by atoms with E-state index in [1.165, 1.54) is 0 Å². The molecule has 2 rings (SSSR count). The van der Waals surface area contributed by atoms with E-state index < -0.39 is 6.04 Å². The third-order valence-electron chi connectivity index (χ3n) is 2.69. The molecule has 0 saturated heterocycles. The molecular weight excluding hydrogens is 206 g/mol. The van der Waals surface area contributed by atoms with Crippen LogP contribution in [-0.2, 0) is 17.9 Å². The van der Waals surface area contributed by atoms with E-state index in [-0.39, 0.29) is 5.91 Å². The van der Waals surface area contributed by atoms with Gasteiger partial charge in [0.05, 0.1) is 12.6 Å². The first-order chi connectivity index (χ1) is 7.72. The van der Waals surface area contributed by atoms with Gasteiger partial charge in [0.15, 0.2) is 5.82 Å². The molecule has 6 heteroatoms. The van der Waals surface area contributed by atoms with E-state index in [1.807, 2.05) is 4.57 Å². The van der Waals surface area contributed by atoms with Gasteiger partial charge in [-0.25, -0.2) is 0 Å². The Hall–Kier alpha value is -1.69. The van der Waals surface area contributed by atoms with E-state index >= 15 is 0 Å². The van der Waals surface area contributed by atoms with Crippen molar-refractivity contribution < 1.29 is 4.79 Å². The van der Waals surface area contributed by atoms with E-state index in [9.17, 15) is 4.79 Å². The lowest BCUT2D eigenvalue weighted by Crippen LogP contribution is -2.46. The summed E-state index contributed by atoms with van der Waals surface area (Å²) in [7, 11) is 0. The molecule has 86 valence electrons. The van der Waals surface area contributed by atoms with Gasteiger partial charge in [-0.05, 0) is 6.42 Å². The maximum absolute atomic E-state index is 11.9. The van der Waals surface area contributed by atoms with Crippen LogP contribution in [0.3, 0.4) is 0 Å². The lowest BCUT2D eigenvalue weighted by molar-refractivity contribution is -0.134. The van der Waals surface area contributed by atoms with Crippen molar-refractivity contribution in [3.63, 3.8) is 0 Å². The number of hydrogen-bond donors (Lipinski definition) is 1. The van der Waals surface area contributed by atoms with Crippen molar-refractivity contribution in [1.29, 1.82) is 0 Å². The van der Waals surface area contributed by atoms with Crippen LogP contribution in [0.1, 0.15) is 12.2 Å². The maximum Gasteiger partial charge on any atom is 0.240 e. The topological polar surface area (TPSA) is 77.0 Å². The fourth-order valence-electron chi connectivity index (χ4n) is 1.77. The van der Waals surface area contributed by atoms with Crippen molar-refractivity contribution in [3.05, 3.63) is 24.8 Å². The molecule has 0 bridgehead atoms. The molecule has 1 aromatic rings. The highest BCUT2D eigenvalue weighted by atomic mass is 16.2. The van der Waals surface area contributed by atoms with Crippen molar-refractivity contribution in [3.8, 4) is 0 Å². The molecule has 0 spiro atoms. The Morgan fingerprint density at radius 3 is 3.25 bits per heavy atom. The zero-order valence-electron chi connectivity index (χ0n) is 9.04. The molecular formula is C10H15N5O. The summed E-state index contributed by atoms with van der Waals surface area (Å²) < 4.78 is 1.95. The van der Waals surface area contributed by atoms with Gasteiger partial charge in [0, 0.05) is 13.1 Å². The minimum atomic E-state index is -0.494. The number of rotatable bonds is 3. The van der Waals surface area contributed by atoms with Crippen LogP contribution in [0.25, 0.3) is 0 Å². The van der Waals surface area contributed by atoms with Crippen LogP contribution in [0, 0.1) is 0 Å². The van der Waals surface area contributed by atoms with Gasteiger partial charge in [-0.2, -0.15) is 0 Å². The number of amides is 1. The summed E-state index contributed by atoms with van der Waals surface area (Å²) in [6.45, 7) is 5.46. The lowest BCUT2D eigenvalue weighted by Gasteiger charge is -2.28. The summed E-state index contributed by atoms with van der Waals surface area (Å²) in [4.78, 5) is 13.6. The Morgan fingerprint density at radius 1 is 1.69 bits per heavy atom. The molecule has 1 aliphatic heterocycles. The SMILES string of the molecule is C=CCC(N)C(=O)N1CCn2cnnc2C1. The molecule has 2 heterocycles. The molecule has 0 fully saturated rings. The highest BCUT2D eigenvalue weighted by Gasteiger charge is 2.25. The Kier molecular flexibility index (Phi) is 3.00. The first kappa shape index (κ1) is 10.8. The van der Waals surface area contributed by atoms with E-state index in [0.29, 0.717) is 19.5 Å². The Balaban J connectivity index is 2.03. The fourth-order valence-corrected chi connectivity index (χ4v) is 1.77. The van der Waals surface area contributed by atoms with E-state index in [0.717, 1.165) is 12.4 Å². The Morgan fingerprint density at radius 2 is 2.50 bits per heavy atom. The fraction of sp³-hybridized carbons (Fsp3) is 0.500. The molecule has 1 aliphatic rings. The summed E-state index contributed by atoms with van der Waals surface area (Å²) in [6.07, 6.45) is 3.85. The van der Waals surface area contributed by atoms with Crippen LogP contribution in [0.2, 0.25) is 0 Å². The van der Waals surface area contributed by atoms with Crippen LogP contribution in [0.15, 0.2) is 19.0 Å². The number of fused-ring (bicyclic) bond motifs is 1. The van der Waals surface area contributed by atoms with Gasteiger partial charge in [-0.1, -0.05) is 6.08 Å². The second-order valence-corrected chi connectivity index (χ2v) is 3.83. The second-order valence-electron chi connectivity index (χ2n) is 3.83. The normalized spacial score (nSPS) is 16.7. The van der Waals surface area contributed by atoms with Crippen molar-refractivity contribution in [2.75, 3.05) is 6.54 Å². The van der Waals surface area contributed by atoms with E-state index in [4.69, 9.17) is 5.73 Å². The first-order valence-electron chi connectivity index (χ1n) is 5.24. The van der Waals surface area contributed by atoms with Crippen molar-refractivity contribution in [2.24, 2.45) is 5.73 Å². The quantitative estimate of drug-likeness (QED) is 0.700. The molecule has 1 unspecified atom stereocenters. The highest BCUT2D eigenvalue weighted by molar-refractivity contribution is 5.81. The molecule has 1 aromatic heterocycles. The first-order valence-corrected chi connectivity index (χ1v) is 5.24. The molecule has 0 radical (unpaired) electrons. The summed E-state index contributed by atoms with van der Waals surface area (Å²) in [6, 6.07) is -0.494.